The summed E-state index contributed by atoms with van der Waals surface area (Å²) in [5, 5.41) is 9.76. The summed E-state index contributed by atoms with van der Waals surface area (Å²) >= 11 is 0. The molecule has 5 heteroatoms. The van der Waals surface area contributed by atoms with Gasteiger partial charge >= 0.3 is 11.9 Å². The van der Waals surface area contributed by atoms with Gasteiger partial charge in [0.15, 0.2) is 0 Å². The van der Waals surface area contributed by atoms with E-state index in [4.69, 9.17) is 0 Å². The fourth-order valence-corrected chi connectivity index (χ4v) is 1.92. The van der Waals surface area contributed by atoms with Crippen molar-refractivity contribution in [3.63, 3.8) is 0 Å². The molecule has 0 bridgehead atoms. The summed E-state index contributed by atoms with van der Waals surface area (Å²) in [7, 11) is 2.50. The highest BCUT2D eigenvalue weighted by molar-refractivity contribution is 5.84. The predicted octanol–water partition coefficient (Wildman–Crippen LogP) is 0.442. The van der Waals surface area contributed by atoms with Crippen LogP contribution in [0, 0.1) is 11.8 Å². The molecule has 94 valence electrons. The zero-order valence-electron chi connectivity index (χ0n) is 9.88. The van der Waals surface area contributed by atoms with Gasteiger partial charge < -0.3 is 14.6 Å². The number of hydrogen-bond donors (Lipinski definition) is 1. The van der Waals surface area contributed by atoms with Crippen LogP contribution in [-0.2, 0) is 19.1 Å². The molecular formula is C12H16O5. The van der Waals surface area contributed by atoms with Gasteiger partial charge in [0, 0.05) is 0 Å². The van der Waals surface area contributed by atoms with Crippen LogP contribution in [0.3, 0.4) is 0 Å². The van der Waals surface area contributed by atoms with Crippen LogP contribution in [0.25, 0.3) is 0 Å². The molecule has 0 spiro atoms. The zero-order chi connectivity index (χ0) is 13.0. The Morgan fingerprint density at radius 1 is 1.41 bits per heavy atom. The van der Waals surface area contributed by atoms with Crippen molar-refractivity contribution in [2.24, 2.45) is 11.8 Å². The predicted molar refractivity (Wildman–Crippen MR) is 59.9 cm³/mol. The van der Waals surface area contributed by atoms with Crippen molar-refractivity contribution >= 4 is 11.9 Å². The molecule has 0 aromatic carbocycles. The zero-order valence-corrected chi connectivity index (χ0v) is 9.88. The molecule has 1 aliphatic rings. The van der Waals surface area contributed by atoms with Crippen LogP contribution in [0.15, 0.2) is 24.3 Å². The van der Waals surface area contributed by atoms with Crippen molar-refractivity contribution in [1.29, 1.82) is 0 Å². The van der Waals surface area contributed by atoms with E-state index < -0.39 is 29.9 Å². The number of aliphatic hydroxyl groups is 1. The van der Waals surface area contributed by atoms with E-state index in [0.717, 1.165) is 0 Å². The summed E-state index contributed by atoms with van der Waals surface area (Å²) in [5.74, 6) is -2.50. The highest BCUT2D eigenvalue weighted by Gasteiger charge is 2.39. The number of carbonyl (C=O) groups excluding carboxylic acids is 2. The number of ether oxygens (including phenoxy) is 2. The fraction of sp³-hybridized carbons (Fsp3) is 0.500. The van der Waals surface area contributed by atoms with Gasteiger partial charge in [-0.2, -0.15) is 0 Å². The lowest BCUT2D eigenvalue weighted by Crippen LogP contribution is -2.37. The number of methoxy groups -OCH3 is 2. The van der Waals surface area contributed by atoms with Crippen molar-refractivity contribution < 1.29 is 24.2 Å². The highest BCUT2D eigenvalue weighted by atomic mass is 16.5. The Morgan fingerprint density at radius 2 is 2.00 bits per heavy atom. The van der Waals surface area contributed by atoms with Crippen molar-refractivity contribution in [2.45, 2.75) is 12.5 Å². The molecule has 0 aliphatic heterocycles. The molecule has 0 aromatic rings. The topological polar surface area (TPSA) is 72.8 Å². The van der Waals surface area contributed by atoms with Crippen LogP contribution in [0.5, 0.6) is 0 Å². The van der Waals surface area contributed by atoms with Crippen LogP contribution in [-0.4, -0.2) is 37.4 Å². The Hall–Kier alpha value is -1.62. The van der Waals surface area contributed by atoms with Gasteiger partial charge in [-0.05, 0) is 12.0 Å². The van der Waals surface area contributed by atoms with E-state index in [1.807, 2.05) is 0 Å². The first kappa shape index (κ1) is 13.4. The Bertz CT molecular complexity index is 358. The van der Waals surface area contributed by atoms with Crippen LogP contribution < -0.4 is 0 Å². The minimum absolute atomic E-state index is 0.129. The van der Waals surface area contributed by atoms with Gasteiger partial charge in [0.05, 0.1) is 32.2 Å². The third kappa shape index (κ3) is 2.74. The third-order valence-electron chi connectivity index (χ3n) is 2.88. The largest absolute Gasteiger partial charge is 0.469 e. The standard InChI is InChI=1S/C12H16O5/c1-4-7-5-8(11(14)16-2)9(6-10(7)13)12(15)17-3/h4-5,8-10,13H,1,6H2,2-3H3/t8-,9-,10-/m0/s1. The molecule has 0 saturated carbocycles. The molecule has 3 atom stereocenters. The molecule has 0 unspecified atom stereocenters. The van der Waals surface area contributed by atoms with Gasteiger partial charge in [0.25, 0.3) is 0 Å². The lowest BCUT2D eigenvalue weighted by atomic mass is 9.79. The van der Waals surface area contributed by atoms with Crippen LogP contribution in [0.4, 0.5) is 0 Å². The monoisotopic (exact) mass is 240 g/mol. The van der Waals surface area contributed by atoms with Gasteiger partial charge in [-0.1, -0.05) is 18.7 Å². The molecule has 1 rings (SSSR count). The van der Waals surface area contributed by atoms with E-state index in [-0.39, 0.29) is 6.42 Å². The number of rotatable bonds is 3. The third-order valence-corrected chi connectivity index (χ3v) is 2.88. The van der Waals surface area contributed by atoms with Crippen molar-refractivity contribution in [3.8, 4) is 0 Å². The van der Waals surface area contributed by atoms with E-state index in [0.29, 0.717) is 5.57 Å². The lowest BCUT2D eigenvalue weighted by molar-refractivity contribution is -0.157. The molecule has 1 N–H and O–H groups in total. The van der Waals surface area contributed by atoms with Crippen molar-refractivity contribution in [1.82, 2.24) is 0 Å². The molecule has 0 radical (unpaired) electrons. The molecular weight excluding hydrogens is 224 g/mol. The van der Waals surface area contributed by atoms with Gasteiger partial charge in [0.1, 0.15) is 0 Å². The molecule has 0 aromatic heterocycles. The Labute approximate surface area is 99.7 Å². The van der Waals surface area contributed by atoms with E-state index in [9.17, 15) is 14.7 Å². The summed E-state index contributed by atoms with van der Waals surface area (Å²) in [5.41, 5.74) is 0.528. The van der Waals surface area contributed by atoms with Crippen LogP contribution in [0.2, 0.25) is 0 Å². The second-order valence-corrected chi connectivity index (χ2v) is 3.80. The summed E-state index contributed by atoms with van der Waals surface area (Å²) in [6.07, 6.45) is 2.30. The summed E-state index contributed by atoms with van der Waals surface area (Å²) in [6, 6.07) is 0. The molecule has 1 aliphatic carbocycles. The first-order valence-electron chi connectivity index (χ1n) is 5.23. The maximum atomic E-state index is 11.6. The van der Waals surface area contributed by atoms with E-state index >= 15 is 0 Å². The summed E-state index contributed by atoms with van der Waals surface area (Å²) in [6.45, 7) is 3.55. The quantitative estimate of drug-likeness (QED) is 0.725. The maximum Gasteiger partial charge on any atom is 0.313 e. The first-order valence-corrected chi connectivity index (χ1v) is 5.23. The number of carbonyl (C=O) groups is 2. The van der Waals surface area contributed by atoms with Gasteiger partial charge in [-0.3, -0.25) is 9.59 Å². The Balaban J connectivity index is 3.06. The SMILES string of the molecule is C=CC1=C[C@H](C(=O)OC)[C@@H](C(=O)OC)C[C@@H]1O. The Kier molecular flexibility index (Phi) is 4.45. The molecule has 0 saturated heterocycles. The minimum atomic E-state index is -0.808. The molecule has 0 amide bonds. The molecule has 0 fully saturated rings. The first-order chi connectivity index (χ1) is 8.04. The molecule has 5 nitrogen and oxygen atoms in total. The van der Waals surface area contributed by atoms with E-state index in [1.165, 1.54) is 26.4 Å². The maximum absolute atomic E-state index is 11.6. The number of hydrogen-bond acceptors (Lipinski definition) is 5. The number of esters is 2. The second-order valence-electron chi connectivity index (χ2n) is 3.80. The molecule has 17 heavy (non-hydrogen) atoms. The number of aliphatic hydroxyl groups excluding tert-OH is 1. The Morgan fingerprint density at radius 3 is 2.47 bits per heavy atom. The summed E-state index contributed by atoms with van der Waals surface area (Å²) in [4.78, 5) is 23.1. The van der Waals surface area contributed by atoms with E-state index in [2.05, 4.69) is 16.1 Å². The van der Waals surface area contributed by atoms with Gasteiger partial charge in [-0.25, -0.2) is 0 Å². The van der Waals surface area contributed by atoms with Crippen molar-refractivity contribution in [2.75, 3.05) is 14.2 Å². The average molecular weight is 240 g/mol. The van der Waals surface area contributed by atoms with E-state index in [1.54, 1.807) is 0 Å². The average Bonchev–Trinajstić information content (AvgIpc) is 2.36. The minimum Gasteiger partial charge on any atom is -0.469 e. The second kappa shape index (κ2) is 5.63. The van der Waals surface area contributed by atoms with Gasteiger partial charge in [0.2, 0.25) is 0 Å². The van der Waals surface area contributed by atoms with Crippen molar-refractivity contribution in [3.05, 3.63) is 24.3 Å². The van der Waals surface area contributed by atoms with Crippen LogP contribution >= 0.6 is 0 Å². The smallest absolute Gasteiger partial charge is 0.313 e. The lowest BCUT2D eigenvalue weighted by Gasteiger charge is -2.29. The van der Waals surface area contributed by atoms with Gasteiger partial charge in [-0.15, -0.1) is 0 Å². The molecule has 0 heterocycles. The van der Waals surface area contributed by atoms with Crippen LogP contribution in [0.1, 0.15) is 6.42 Å². The highest BCUT2D eigenvalue weighted by Crippen LogP contribution is 2.31. The normalized spacial score (nSPS) is 27.9. The fourth-order valence-electron chi connectivity index (χ4n) is 1.92. The summed E-state index contributed by atoms with van der Waals surface area (Å²) < 4.78 is 9.25.